The molecule has 1 aromatic carbocycles. The summed E-state index contributed by atoms with van der Waals surface area (Å²) in [6.07, 6.45) is 3.38. The number of benzene rings is 1. The summed E-state index contributed by atoms with van der Waals surface area (Å²) >= 11 is 0. The van der Waals surface area contributed by atoms with Crippen LogP contribution in [0.25, 0.3) is 0 Å². The molecule has 1 aromatic heterocycles. The number of nitrogens with zero attached hydrogens (tertiary/aromatic N) is 2. The minimum Gasteiger partial charge on any atom is -0.364 e. The van der Waals surface area contributed by atoms with Crippen molar-refractivity contribution in [1.82, 2.24) is 4.98 Å². The molecule has 5 heteroatoms. The summed E-state index contributed by atoms with van der Waals surface area (Å²) in [5.41, 5.74) is 2.52. The van der Waals surface area contributed by atoms with Gasteiger partial charge in [0.05, 0.1) is 4.92 Å². The Morgan fingerprint density at radius 2 is 1.90 bits per heavy atom. The van der Waals surface area contributed by atoms with Crippen molar-refractivity contribution in [1.29, 1.82) is 0 Å². The zero-order valence-corrected chi connectivity index (χ0v) is 11.4. The first-order chi connectivity index (χ1) is 9.70. The molecule has 20 heavy (non-hydrogen) atoms. The molecule has 2 aromatic rings. The predicted molar refractivity (Wildman–Crippen MR) is 78.9 cm³/mol. The summed E-state index contributed by atoms with van der Waals surface area (Å²) in [7, 11) is 0. The second kappa shape index (κ2) is 6.65. The zero-order chi connectivity index (χ0) is 14.4. The third kappa shape index (κ3) is 3.54. The quantitative estimate of drug-likeness (QED) is 0.647. The molecule has 0 atom stereocenters. The van der Waals surface area contributed by atoms with Gasteiger partial charge in [0, 0.05) is 18.8 Å². The van der Waals surface area contributed by atoms with Crippen LogP contribution in [0.2, 0.25) is 0 Å². The lowest BCUT2D eigenvalue weighted by Crippen LogP contribution is -2.08. The van der Waals surface area contributed by atoms with Gasteiger partial charge in [-0.3, -0.25) is 10.1 Å². The predicted octanol–water partition coefficient (Wildman–Crippen LogP) is 3.21. The second-order valence-corrected chi connectivity index (χ2v) is 4.48. The van der Waals surface area contributed by atoms with Crippen molar-refractivity contribution in [2.24, 2.45) is 0 Å². The lowest BCUT2D eigenvalue weighted by molar-refractivity contribution is -0.384. The smallest absolute Gasteiger partial charge is 0.311 e. The fourth-order valence-electron chi connectivity index (χ4n) is 1.95. The Bertz CT molecular complexity index is 582. The highest BCUT2D eigenvalue weighted by molar-refractivity contribution is 5.55. The third-order valence-electron chi connectivity index (χ3n) is 3.12. The molecule has 0 radical (unpaired) electrons. The maximum absolute atomic E-state index is 10.9. The lowest BCUT2D eigenvalue weighted by Gasteiger charge is -2.06. The van der Waals surface area contributed by atoms with Gasteiger partial charge < -0.3 is 5.32 Å². The molecule has 0 aliphatic carbocycles. The van der Waals surface area contributed by atoms with Crippen molar-refractivity contribution in [2.45, 2.75) is 19.8 Å². The Balaban J connectivity index is 1.94. The van der Waals surface area contributed by atoms with Gasteiger partial charge in [0.1, 0.15) is 0 Å². The minimum atomic E-state index is -0.425. The van der Waals surface area contributed by atoms with E-state index in [1.165, 1.54) is 17.2 Å². The van der Waals surface area contributed by atoms with Crippen LogP contribution in [0.5, 0.6) is 0 Å². The highest BCUT2D eigenvalue weighted by atomic mass is 16.6. The van der Waals surface area contributed by atoms with Crippen LogP contribution in [-0.2, 0) is 12.8 Å². The Morgan fingerprint density at radius 1 is 1.20 bits per heavy atom. The van der Waals surface area contributed by atoms with E-state index in [0.717, 1.165) is 12.8 Å². The topological polar surface area (TPSA) is 68.1 Å². The monoisotopic (exact) mass is 271 g/mol. The number of hydrogen-bond donors (Lipinski definition) is 1. The molecular formula is C15H17N3O2. The van der Waals surface area contributed by atoms with Crippen molar-refractivity contribution in [3.8, 4) is 0 Å². The van der Waals surface area contributed by atoms with Gasteiger partial charge in [-0.25, -0.2) is 4.98 Å². The molecule has 0 aliphatic heterocycles. The Morgan fingerprint density at radius 3 is 2.55 bits per heavy atom. The summed E-state index contributed by atoms with van der Waals surface area (Å²) < 4.78 is 0. The normalized spacial score (nSPS) is 10.2. The fourth-order valence-corrected chi connectivity index (χ4v) is 1.95. The van der Waals surface area contributed by atoms with E-state index in [0.29, 0.717) is 12.4 Å². The maximum atomic E-state index is 10.9. The highest BCUT2D eigenvalue weighted by Gasteiger charge is 2.12. The van der Waals surface area contributed by atoms with Crippen LogP contribution in [0.1, 0.15) is 18.1 Å². The number of anilines is 1. The van der Waals surface area contributed by atoms with Crippen molar-refractivity contribution in [3.05, 3.63) is 63.8 Å². The SMILES string of the molecule is CCc1ccc(CCNc2ncccc2[N+](=O)[O-])cc1. The highest BCUT2D eigenvalue weighted by Crippen LogP contribution is 2.20. The molecule has 0 unspecified atom stereocenters. The van der Waals surface area contributed by atoms with E-state index in [4.69, 9.17) is 0 Å². The first kappa shape index (κ1) is 14.0. The van der Waals surface area contributed by atoms with Crippen LogP contribution in [0.3, 0.4) is 0 Å². The molecule has 0 bridgehead atoms. The van der Waals surface area contributed by atoms with Gasteiger partial charge in [-0.05, 0) is 30.0 Å². The second-order valence-electron chi connectivity index (χ2n) is 4.48. The molecule has 0 spiro atoms. The molecule has 1 N–H and O–H groups in total. The summed E-state index contributed by atoms with van der Waals surface area (Å²) in [6.45, 7) is 2.74. The van der Waals surface area contributed by atoms with E-state index < -0.39 is 4.92 Å². The molecule has 104 valence electrons. The van der Waals surface area contributed by atoms with E-state index >= 15 is 0 Å². The van der Waals surface area contributed by atoms with Gasteiger partial charge in [0.2, 0.25) is 5.82 Å². The molecule has 0 saturated carbocycles. The van der Waals surface area contributed by atoms with E-state index in [-0.39, 0.29) is 5.69 Å². The first-order valence-corrected chi connectivity index (χ1v) is 6.62. The molecule has 5 nitrogen and oxygen atoms in total. The molecule has 2 rings (SSSR count). The number of nitro groups is 1. The van der Waals surface area contributed by atoms with Crippen molar-refractivity contribution in [2.75, 3.05) is 11.9 Å². The molecular weight excluding hydrogens is 254 g/mol. The number of hydrogen-bond acceptors (Lipinski definition) is 4. The number of nitrogens with one attached hydrogen (secondary N) is 1. The van der Waals surface area contributed by atoms with Gasteiger partial charge in [0.25, 0.3) is 0 Å². The van der Waals surface area contributed by atoms with Gasteiger partial charge in [0.15, 0.2) is 0 Å². The number of rotatable bonds is 6. The minimum absolute atomic E-state index is 0.00818. The number of pyridine rings is 1. The van der Waals surface area contributed by atoms with Crippen molar-refractivity contribution in [3.63, 3.8) is 0 Å². The largest absolute Gasteiger partial charge is 0.364 e. The van der Waals surface area contributed by atoms with E-state index in [1.54, 1.807) is 12.3 Å². The van der Waals surface area contributed by atoms with Crippen molar-refractivity contribution >= 4 is 11.5 Å². The third-order valence-corrected chi connectivity index (χ3v) is 3.12. The number of aromatic nitrogens is 1. The van der Waals surface area contributed by atoms with Gasteiger partial charge in [-0.15, -0.1) is 0 Å². The molecule has 1 heterocycles. The maximum Gasteiger partial charge on any atom is 0.311 e. The van der Waals surface area contributed by atoms with Gasteiger partial charge in [-0.1, -0.05) is 31.2 Å². The van der Waals surface area contributed by atoms with Crippen LogP contribution in [0, 0.1) is 10.1 Å². The summed E-state index contributed by atoms with van der Waals surface area (Å²) in [6, 6.07) is 11.4. The molecule has 0 aliphatic rings. The van der Waals surface area contributed by atoms with E-state index in [9.17, 15) is 10.1 Å². The molecule has 0 fully saturated rings. The summed E-state index contributed by atoms with van der Waals surface area (Å²) in [5.74, 6) is 0.322. The zero-order valence-electron chi connectivity index (χ0n) is 11.4. The average molecular weight is 271 g/mol. The van der Waals surface area contributed by atoms with Crippen molar-refractivity contribution < 1.29 is 4.92 Å². The van der Waals surface area contributed by atoms with E-state index in [2.05, 4.69) is 41.5 Å². The fraction of sp³-hybridized carbons (Fsp3) is 0.267. The Hall–Kier alpha value is -2.43. The average Bonchev–Trinajstić information content (AvgIpc) is 2.48. The van der Waals surface area contributed by atoms with Crippen LogP contribution in [0.15, 0.2) is 42.6 Å². The standard InChI is InChI=1S/C15H17N3O2/c1-2-12-5-7-13(8-6-12)9-11-17-15-14(18(19)20)4-3-10-16-15/h3-8,10H,2,9,11H2,1H3,(H,16,17). The van der Waals surface area contributed by atoms with Crippen LogP contribution < -0.4 is 5.32 Å². The Labute approximate surface area is 117 Å². The summed E-state index contributed by atoms with van der Waals surface area (Å²) in [5, 5.41) is 13.9. The molecule has 0 saturated heterocycles. The Kier molecular flexibility index (Phi) is 4.65. The number of aryl methyl sites for hydroxylation is 1. The van der Waals surface area contributed by atoms with Crippen LogP contribution >= 0.6 is 0 Å². The summed E-state index contributed by atoms with van der Waals surface area (Å²) in [4.78, 5) is 14.4. The first-order valence-electron chi connectivity index (χ1n) is 6.62. The van der Waals surface area contributed by atoms with Gasteiger partial charge >= 0.3 is 5.69 Å². The lowest BCUT2D eigenvalue weighted by atomic mass is 10.1. The van der Waals surface area contributed by atoms with E-state index in [1.807, 2.05) is 0 Å². The van der Waals surface area contributed by atoms with Gasteiger partial charge in [-0.2, -0.15) is 0 Å². The molecule has 0 amide bonds. The van der Waals surface area contributed by atoms with Crippen LogP contribution in [0.4, 0.5) is 11.5 Å². The van der Waals surface area contributed by atoms with Crippen LogP contribution in [-0.4, -0.2) is 16.5 Å².